The van der Waals surface area contributed by atoms with Gasteiger partial charge in [0.15, 0.2) is 0 Å². The summed E-state index contributed by atoms with van der Waals surface area (Å²) in [6.07, 6.45) is 0. The van der Waals surface area contributed by atoms with Crippen molar-refractivity contribution < 1.29 is 32.0 Å². The molecule has 4 rings (SSSR count). The van der Waals surface area contributed by atoms with E-state index >= 15 is 0 Å². The van der Waals surface area contributed by atoms with Gasteiger partial charge in [-0.1, -0.05) is 24.0 Å². The summed E-state index contributed by atoms with van der Waals surface area (Å²) in [4.78, 5) is 16.3. The van der Waals surface area contributed by atoms with Crippen LogP contribution in [0, 0.1) is 11.8 Å². The molecule has 3 N–H and O–H groups in total. The van der Waals surface area contributed by atoms with Crippen molar-refractivity contribution in [3.63, 3.8) is 0 Å². The lowest BCUT2D eigenvalue weighted by Gasteiger charge is -2.23. The first-order valence-electron chi connectivity index (χ1n) is 19.9. The third-order valence-corrected chi connectivity index (χ3v) is 14.4. The predicted molar refractivity (Wildman–Crippen MR) is 239 cm³/mol. The van der Waals surface area contributed by atoms with E-state index in [1.54, 1.807) is 45.3 Å². The summed E-state index contributed by atoms with van der Waals surface area (Å²) in [5, 5.41) is 10.3. The Morgan fingerprint density at radius 2 is 1.14 bits per heavy atom. The normalized spacial score (nSPS) is 14.5. The minimum absolute atomic E-state index is 0.279. The highest BCUT2D eigenvalue weighted by molar-refractivity contribution is 7.66. The van der Waals surface area contributed by atoms with Crippen molar-refractivity contribution in [3.05, 3.63) is 94.9 Å². The van der Waals surface area contributed by atoms with E-state index in [1.165, 1.54) is 0 Å². The summed E-state index contributed by atoms with van der Waals surface area (Å²) < 4.78 is 61.9. The Labute approximate surface area is 350 Å². The lowest BCUT2D eigenvalue weighted by molar-refractivity contribution is 0.261. The molecule has 0 radical (unpaired) electrons. The van der Waals surface area contributed by atoms with Crippen LogP contribution >= 0.6 is 22.1 Å². The van der Waals surface area contributed by atoms with Gasteiger partial charge in [0, 0.05) is 83.5 Å². The number of pyridine rings is 3. The molecule has 0 aliphatic rings. The molecular weight excluding hydrogens is 807 g/mol. The highest BCUT2D eigenvalue weighted by Gasteiger charge is 2.24. The fourth-order valence-corrected chi connectivity index (χ4v) is 10.0. The van der Waals surface area contributed by atoms with Gasteiger partial charge in [0.25, 0.3) is 0 Å². The van der Waals surface area contributed by atoms with Gasteiger partial charge in [-0.05, 0) is 82.3 Å². The van der Waals surface area contributed by atoms with Crippen LogP contribution in [0.15, 0.2) is 66.7 Å². The zero-order valence-electron chi connectivity index (χ0n) is 35.6. The molecular formula is C42H60N7O7P3. The van der Waals surface area contributed by atoms with Crippen LogP contribution in [0.2, 0.25) is 0 Å². The second-order valence-corrected chi connectivity index (χ2v) is 21.0. The zero-order chi connectivity index (χ0) is 42.9. The Bertz CT molecular complexity index is 2120. The Morgan fingerprint density at radius 3 is 1.64 bits per heavy atom. The van der Waals surface area contributed by atoms with Gasteiger partial charge in [-0.3, -0.25) is 18.6 Å². The quantitative estimate of drug-likeness (QED) is 0.0439. The minimum Gasteiger partial charge on any atom is -0.495 e. The van der Waals surface area contributed by atoms with Crippen molar-refractivity contribution in [3.8, 4) is 17.6 Å². The molecule has 0 aliphatic heterocycles. The Morgan fingerprint density at radius 1 is 0.627 bits per heavy atom. The van der Waals surface area contributed by atoms with Crippen molar-refractivity contribution >= 4 is 44.1 Å². The smallest absolute Gasteiger partial charge is 0.247 e. The first-order valence-corrected chi connectivity index (χ1v) is 26.1. The highest BCUT2D eigenvalue weighted by Crippen LogP contribution is 2.41. The SMILES string of the molecule is CCNc1cc(C#Cc2cc(CN(CCNCc3cccc(P(C)(=O)OCC)n3)CCNCc3cccc(P(C)(=O)OCC)n3)nc(P(C)(=O)OCC)c2)ccc1OC. The number of aromatic nitrogens is 3. The van der Waals surface area contributed by atoms with Crippen LogP contribution in [0.25, 0.3) is 0 Å². The second-order valence-electron chi connectivity index (χ2n) is 13.8. The number of rotatable bonds is 24. The molecule has 0 saturated heterocycles. The fraction of sp³-hybridized carbons (Fsp3) is 0.452. The summed E-state index contributed by atoms with van der Waals surface area (Å²) in [7, 11) is -7.63. The van der Waals surface area contributed by atoms with Crippen LogP contribution < -0.4 is 37.0 Å². The van der Waals surface area contributed by atoms with Gasteiger partial charge in [0.1, 0.15) is 22.1 Å². The Kier molecular flexibility index (Phi) is 19.0. The monoisotopic (exact) mass is 867 g/mol. The first-order chi connectivity index (χ1) is 28.2. The van der Waals surface area contributed by atoms with Gasteiger partial charge in [0.2, 0.25) is 22.1 Å². The number of methoxy groups -OCH3 is 1. The minimum atomic E-state index is -3.25. The summed E-state index contributed by atoms with van der Waals surface area (Å²) in [6.45, 7) is 17.8. The van der Waals surface area contributed by atoms with E-state index in [0.29, 0.717) is 86.6 Å². The Hall–Kier alpha value is -3.72. The number of benzene rings is 1. The molecule has 0 spiro atoms. The predicted octanol–water partition coefficient (Wildman–Crippen LogP) is 5.80. The summed E-state index contributed by atoms with van der Waals surface area (Å²) in [5.74, 6) is 7.26. The van der Waals surface area contributed by atoms with Crippen molar-refractivity contribution in [1.29, 1.82) is 0 Å². The van der Waals surface area contributed by atoms with E-state index in [-0.39, 0.29) is 6.61 Å². The maximum absolute atomic E-state index is 13.8. The van der Waals surface area contributed by atoms with Crippen LogP contribution in [0.3, 0.4) is 0 Å². The number of nitrogens with zero attached hydrogens (tertiary/aromatic N) is 4. The average molecular weight is 868 g/mol. The van der Waals surface area contributed by atoms with Gasteiger partial charge in [-0.25, -0.2) is 15.0 Å². The molecule has 17 heteroatoms. The average Bonchev–Trinajstić information content (AvgIpc) is 3.20. The number of nitrogens with one attached hydrogen (secondary N) is 3. The molecule has 0 aliphatic carbocycles. The molecule has 3 unspecified atom stereocenters. The maximum Gasteiger partial charge on any atom is 0.247 e. The number of ether oxygens (including phenoxy) is 1. The number of hydrogen-bond donors (Lipinski definition) is 3. The molecule has 3 atom stereocenters. The highest BCUT2D eigenvalue weighted by atomic mass is 31.2. The molecule has 0 fully saturated rings. The van der Waals surface area contributed by atoms with E-state index in [1.807, 2.05) is 76.2 Å². The second kappa shape index (κ2) is 23.3. The van der Waals surface area contributed by atoms with Crippen molar-refractivity contribution in [2.75, 3.05) is 85.0 Å². The molecule has 0 bridgehead atoms. The molecule has 3 heterocycles. The maximum atomic E-state index is 13.8. The van der Waals surface area contributed by atoms with Crippen LogP contribution in [-0.4, -0.2) is 99.5 Å². The topological polar surface area (TPSA) is 166 Å². The molecule has 0 saturated carbocycles. The summed E-state index contributed by atoms with van der Waals surface area (Å²) >= 11 is 0. The van der Waals surface area contributed by atoms with E-state index in [4.69, 9.17) is 23.3 Å². The summed E-state index contributed by atoms with van der Waals surface area (Å²) in [6, 6.07) is 20.4. The first kappa shape index (κ1) is 48.0. The van der Waals surface area contributed by atoms with Crippen molar-refractivity contribution in [2.24, 2.45) is 0 Å². The van der Waals surface area contributed by atoms with Crippen LogP contribution in [0.4, 0.5) is 5.69 Å². The molecule has 14 nitrogen and oxygen atoms in total. The van der Waals surface area contributed by atoms with Crippen LogP contribution in [0.5, 0.6) is 5.75 Å². The fourth-order valence-electron chi connectivity index (χ4n) is 6.12. The third kappa shape index (κ3) is 15.1. The zero-order valence-corrected chi connectivity index (χ0v) is 38.3. The molecule has 3 aromatic heterocycles. The van der Waals surface area contributed by atoms with Gasteiger partial charge in [0.05, 0.1) is 49.7 Å². The van der Waals surface area contributed by atoms with E-state index in [0.717, 1.165) is 34.9 Å². The lowest BCUT2D eigenvalue weighted by atomic mass is 10.1. The van der Waals surface area contributed by atoms with Crippen molar-refractivity contribution in [2.45, 2.75) is 47.3 Å². The van der Waals surface area contributed by atoms with Gasteiger partial charge in [-0.15, -0.1) is 0 Å². The summed E-state index contributed by atoms with van der Waals surface area (Å²) in [5.41, 5.74) is 5.78. The van der Waals surface area contributed by atoms with Crippen LogP contribution in [0.1, 0.15) is 55.9 Å². The van der Waals surface area contributed by atoms with Crippen molar-refractivity contribution in [1.82, 2.24) is 30.5 Å². The van der Waals surface area contributed by atoms with Gasteiger partial charge < -0.3 is 34.3 Å². The van der Waals surface area contributed by atoms with E-state index in [9.17, 15) is 13.7 Å². The molecule has 59 heavy (non-hydrogen) atoms. The van der Waals surface area contributed by atoms with E-state index in [2.05, 4.69) is 42.7 Å². The third-order valence-electron chi connectivity index (χ3n) is 8.95. The molecule has 0 amide bonds. The molecule has 320 valence electrons. The lowest BCUT2D eigenvalue weighted by Crippen LogP contribution is -2.37. The standard InChI is InChI=1S/C42H60N7O7P3/c1-9-45-38-28-33(21-22-39(38)53-5)19-20-34-27-37(48-42(29-34)59(8,52)56-12-4)32-49(25-23-43-30-35-15-13-17-40(46-35)57(6,50)54-10-2)26-24-44-31-36-16-14-18-41(47-36)58(7,51)55-11-3/h13-18,21-22,27-29,43-45H,9-12,23-26,30-32H2,1-8H3. The van der Waals surface area contributed by atoms with Gasteiger partial charge in [-0.2, -0.15) is 0 Å². The Balaban J connectivity index is 1.57. The largest absolute Gasteiger partial charge is 0.495 e. The molecule has 1 aromatic carbocycles. The number of anilines is 1. The molecule has 4 aromatic rings. The number of hydrogen-bond acceptors (Lipinski definition) is 14. The van der Waals surface area contributed by atoms with E-state index < -0.39 is 22.1 Å². The van der Waals surface area contributed by atoms with Crippen LogP contribution in [-0.2, 0) is 46.9 Å². The van der Waals surface area contributed by atoms with Gasteiger partial charge >= 0.3 is 0 Å².